The molecule has 2 aliphatic rings. The monoisotopic (exact) mass is 283 g/mol. The van der Waals surface area contributed by atoms with Crippen LogP contribution in [0.5, 0.6) is 0 Å². The lowest BCUT2D eigenvalue weighted by atomic mass is 9.90. The first-order valence-electron chi connectivity index (χ1n) is 7.35. The summed E-state index contributed by atoms with van der Waals surface area (Å²) in [5, 5.41) is 12.1. The third kappa shape index (κ3) is 3.42. The zero-order chi connectivity index (χ0) is 14.8. The van der Waals surface area contributed by atoms with Crippen molar-refractivity contribution in [3.8, 4) is 0 Å². The number of urea groups is 1. The van der Waals surface area contributed by atoms with Gasteiger partial charge in [0.1, 0.15) is 0 Å². The van der Waals surface area contributed by atoms with Crippen LogP contribution in [-0.2, 0) is 4.79 Å². The molecule has 114 valence electrons. The Morgan fingerprint density at radius 3 is 2.75 bits per heavy atom. The van der Waals surface area contributed by atoms with Crippen LogP contribution in [0.4, 0.5) is 4.79 Å². The van der Waals surface area contributed by atoms with Gasteiger partial charge in [-0.05, 0) is 45.7 Å². The van der Waals surface area contributed by atoms with Crippen LogP contribution in [0.2, 0.25) is 0 Å². The van der Waals surface area contributed by atoms with Crippen molar-refractivity contribution < 1.29 is 14.7 Å². The van der Waals surface area contributed by atoms with Crippen LogP contribution in [0, 0.1) is 11.3 Å². The van der Waals surface area contributed by atoms with Gasteiger partial charge in [0.15, 0.2) is 0 Å². The number of hydrogen-bond donors (Lipinski definition) is 2. The molecule has 2 fully saturated rings. The van der Waals surface area contributed by atoms with E-state index in [9.17, 15) is 14.7 Å². The molecule has 0 aliphatic carbocycles. The average Bonchev–Trinajstić information content (AvgIpc) is 2.80. The molecule has 2 amide bonds. The molecule has 2 heterocycles. The maximum absolute atomic E-state index is 12.1. The number of nitrogens with zero attached hydrogens (tertiary/aromatic N) is 2. The van der Waals surface area contributed by atoms with Crippen LogP contribution < -0.4 is 5.32 Å². The third-order valence-corrected chi connectivity index (χ3v) is 4.54. The molecule has 0 aromatic rings. The van der Waals surface area contributed by atoms with Gasteiger partial charge in [-0.1, -0.05) is 0 Å². The van der Waals surface area contributed by atoms with E-state index in [0.29, 0.717) is 32.0 Å². The maximum atomic E-state index is 12.1. The fraction of sp³-hybridized carbons (Fsp3) is 0.857. The number of likely N-dealkylation sites (tertiary alicyclic amines) is 2. The molecular weight excluding hydrogens is 258 g/mol. The first-order chi connectivity index (χ1) is 9.40. The summed E-state index contributed by atoms with van der Waals surface area (Å²) in [4.78, 5) is 27.2. The largest absolute Gasteiger partial charge is 0.481 e. The molecule has 2 saturated heterocycles. The normalized spacial score (nSPS) is 31.3. The molecular formula is C14H25N3O3. The number of rotatable bonds is 3. The highest BCUT2D eigenvalue weighted by molar-refractivity contribution is 5.79. The second-order valence-corrected chi connectivity index (χ2v) is 6.49. The first kappa shape index (κ1) is 15.1. The summed E-state index contributed by atoms with van der Waals surface area (Å²) in [7, 11) is 2.10. The Balaban J connectivity index is 1.77. The van der Waals surface area contributed by atoms with E-state index >= 15 is 0 Å². The quantitative estimate of drug-likeness (QED) is 0.805. The molecule has 2 atom stereocenters. The second kappa shape index (κ2) is 5.99. The van der Waals surface area contributed by atoms with E-state index in [4.69, 9.17) is 0 Å². The van der Waals surface area contributed by atoms with Gasteiger partial charge in [0.25, 0.3) is 0 Å². The van der Waals surface area contributed by atoms with Crippen LogP contribution in [0.3, 0.4) is 0 Å². The van der Waals surface area contributed by atoms with Crippen molar-refractivity contribution in [1.29, 1.82) is 0 Å². The van der Waals surface area contributed by atoms with Crippen LogP contribution in [0.15, 0.2) is 0 Å². The van der Waals surface area contributed by atoms with E-state index in [-0.39, 0.29) is 6.03 Å². The van der Waals surface area contributed by atoms with Gasteiger partial charge in [0.2, 0.25) is 0 Å². The standard InChI is InChI=1S/C14H25N3O3/c1-14(12(18)19)5-7-17(10-14)13(20)15-8-11-4-3-6-16(2)9-11/h11H,3-10H2,1-2H3,(H,15,20)(H,18,19). The molecule has 0 bridgehead atoms. The minimum absolute atomic E-state index is 0.122. The van der Waals surface area contributed by atoms with Crippen molar-refractivity contribution in [3.63, 3.8) is 0 Å². The van der Waals surface area contributed by atoms with Gasteiger partial charge in [-0.25, -0.2) is 4.79 Å². The molecule has 2 rings (SSSR count). The predicted octanol–water partition coefficient (Wildman–Crippen LogP) is 0.834. The van der Waals surface area contributed by atoms with Gasteiger partial charge in [-0.2, -0.15) is 0 Å². The van der Waals surface area contributed by atoms with Crippen molar-refractivity contribution in [2.24, 2.45) is 11.3 Å². The summed E-state index contributed by atoms with van der Waals surface area (Å²) in [6, 6.07) is -0.122. The fourth-order valence-corrected chi connectivity index (χ4v) is 3.09. The van der Waals surface area contributed by atoms with E-state index in [1.165, 1.54) is 6.42 Å². The van der Waals surface area contributed by atoms with E-state index in [1.54, 1.807) is 11.8 Å². The summed E-state index contributed by atoms with van der Waals surface area (Å²) < 4.78 is 0. The summed E-state index contributed by atoms with van der Waals surface area (Å²) in [5.74, 6) is -0.312. The van der Waals surface area contributed by atoms with Crippen molar-refractivity contribution in [2.45, 2.75) is 26.2 Å². The minimum Gasteiger partial charge on any atom is -0.481 e. The second-order valence-electron chi connectivity index (χ2n) is 6.49. The molecule has 20 heavy (non-hydrogen) atoms. The van der Waals surface area contributed by atoms with Gasteiger partial charge >= 0.3 is 12.0 Å². The Morgan fingerprint density at radius 1 is 1.40 bits per heavy atom. The number of carboxylic acids is 1. The molecule has 0 radical (unpaired) electrons. The van der Waals surface area contributed by atoms with Gasteiger partial charge in [0.05, 0.1) is 5.41 Å². The lowest BCUT2D eigenvalue weighted by molar-refractivity contribution is -0.146. The Hall–Kier alpha value is -1.30. The number of hydrogen-bond acceptors (Lipinski definition) is 3. The Morgan fingerprint density at radius 2 is 2.15 bits per heavy atom. The number of aliphatic carboxylic acids is 1. The van der Waals surface area contributed by atoms with Crippen molar-refractivity contribution in [2.75, 3.05) is 39.8 Å². The highest BCUT2D eigenvalue weighted by atomic mass is 16.4. The number of piperidine rings is 1. The van der Waals surface area contributed by atoms with Crippen molar-refractivity contribution in [3.05, 3.63) is 0 Å². The molecule has 2 aliphatic heterocycles. The van der Waals surface area contributed by atoms with Gasteiger partial charge in [0, 0.05) is 26.2 Å². The summed E-state index contributed by atoms with van der Waals surface area (Å²) >= 11 is 0. The smallest absolute Gasteiger partial charge is 0.317 e. The predicted molar refractivity (Wildman–Crippen MR) is 75.6 cm³/mol. The number of carbonyl (C=O) groups is 2. The first-order valence-corrected chi connectivity index (χ1v) is 7.35. The Bertz CT molecular complexity index is 388. The van der Waals surface area contributed by atoms with E-state index < -0.39 is 11.4 Å². The van der Waals surface area contributed by atoms with E-state index in [1.807, 2.05) is 0 Å². The molecule has 6 heteroatoms. The van der Waals surface area contributed by atoms with Crippen LogP contribution in [0.1, 0.15) is 26.2 Å². The van der Waals surface area contributed by atoms with Crippen LogP contribution >= 0.6 is 0 Å². The van der Waals surface area contributed by atoms with E-state index in [0.717, 1.165) is 19.5 Å². The van der Waals surface area contributed by atoms with Gasteiger partial charge in [-0.3, -0.25) is 4.79 Å². The van der Waals surface area contributed by atoms with Gasteiger partial charge < -0.3 is 20.2 Å². The van der Waals surface area contributed by atoms with Crippen molar-refractivity contribution in [1.82, 2.24) is 15.1 Å². The number of carboxylic acid groups (broad SMARTS) is 1. The third-order valence-electron chi connectivity index (χ3n) is 4.54. The number of carbonyl (C=O) groups excluding carboxylic acids is 1. The van der Waals surface area contributed by atoms with Crippen LogP contribution in [-0.4, -0.2) is 66.7 Å². The Kier molecular flexibility index (Phi) is 4.52. The summed E-state index contributed by atoms with van der Waals surface area (Å²) in [6.45, 7) is 5.38. The minimum atomic E-state index is -0.818. The summed E-state index contributed by atoms with van der Waals surface area (Å²) in [6.07, 6.45) is 2.86. The molecule has 0 saturated carbocycles. The number of nitrogens with one attached hydrogen (secondary N) is 1. The van der Waals surface area contributed by atoms with Crippen LogP contribution in [0.25, 0.3) is 0 Å². The molecule has 2 N–H and O–H groups in total. The number of amides is 2. The Labute approximate surface area is 120 Å². The summed E-state index contributed by atoms with van der Waals surface area (Å²) in [5.41, 5.74) is -0.789. The highest BCUT2D eigenvalue weighted by Crippen LogP contribution is 2.30. The molecule has 0 spiro atoms. The van der Waals surface area contributed by atoms with Crippen molar-refractivity contribution >= 4 is 12.0 Å². The maximum Gasteiger partial charge on any atom is 0.317 e. The lowest BCUT2D eigenvalue weighted by Gasteiger charge is -2.30. The topological polar surface area (TPSA) is 72.9 Å². The van der Waals surface area contributed by atoms with E-state index in [2.05, 4.69) is 17.3 Å². The molecule has 2 unspecified atom stereocenters. The average molecular weight is 283 g/mol. The highest BCUT2D eigenvalue weighted by Gasteiger charge is 2.42. The fourth-order valence-electron chi connectivity index (χ4n) is 3.09. The zero-order valence-electron chi connectivity index (χ0n) is 12.4. The molecule has 0 aromatic heterocycles. The molecule has 6 nitrogen and oxygen atoms in total. The zero-order valence-corrected chi connectivity index (χ0v) is 12.4. The SMILES string of the molecule is CN1CCCC(CNC(=O)N2CCC(C)(C(=O)O)C2)C1. The van der Waals surface area contributed by atoms with Gasteiger partial charge in [-0.15, -0.1) is 0 Å². The molecule has 0 aromatic carbocycles. The lowest BCUT2D eigenvalue weighted by Crippen LogP contribution is -2.44.